The first-order valence-electron chi connectivity index (χ1n) is 5.95. The molecule has 96 valence electrons. The van der Waals surface area contributed by atoms with E-state index in [9.17, 15) is 5.11 Å². The van der Waals surface area contributed by atoms with Gasteiger partial charge in [-0.25, -0.2) is 0 Å². The highest BCUT2D eigenvalue weighted by Gasteiger charge is 2.25. The molecule has 0 saturated carbocycles. The van der Waals surface area contributed by atoms with Gasteiger partial charge in [-0.05, 0) is 37.5 Å². The highest BCUT2D eigenvalue weighted by molar-refractivity contribution is 9.10. The van der Waals surface area contributed by atoms with Gasteiger partial charge in [-0.1, -0.05) is 34.1 Å². The number of hydrogen-bond acceptors (Lipinski definition) is 2. The van der Waals surface area contributed by atoms with E-state index in [2.05, 4.69) is 21.0 Å². The summed E-state index contributed by atoms with van der Waals surface area (Å²) >= 11 is 3.49. The molecule has 2 aromatic rings. The quantitative estimate of drug-likeness (QED) is 0.943. The average Bonchev–Trinajstić information content (AvgIpc) is 2.73. The second kappa shape index (κ2) is 5.24. The summed E-state index contributed by atoms with van der Waals surface area (Å²) in [5.74, 6) is 0. The first-order chi connectivity index (χ1) is 8.50. The number of rotatable bonds is 4. The summed E-state index contributed by atoms with van der Waals surface area (Å²) in [5.41, 5.74) is 1.21. The molecule has 1 aromatic heterocycles. The molecule has 0 bridgehead atoms. The van der Waals surface area contributed by atoms with Crippen molar-refractivity contribution in [3.8, 4) is 0 Å². The van der Waals surface area contributed by atoms with E-state index in [4.69, 9.17) is 0 Å². The van der Waals surface area contributed by atoms with E-state index in [1.165, 1.54) is 0 Å². The molecule has 4 heteroatoms. The Bertz CT molecular complexity index is 534. The third-order valence-corrected chi connectivity index (χ3v) is 3.94. The molecule has 0 fully saturated rings. The first-order valence-corrected chi connectivity index (χ1v) is 6.74. The molecule has 3 nitrogen and oxygen atoms in total. The number of halogens is 1. The van der Waals surface area contributed by atoms with Crippen molar-refractivity contribution in [2.75, 3.05) is 0 Å². The molecule has 1 atom stereocenters. The molecule has 1 aromatic carbocycles. The van der Waals surface area contributed by atoms with Crippen molar-refractivity contribution < 1.29 is 5.11 Å². The molecule has 0 aliphatic carbocycles. The van der Waals surface area contributed by atoms with Crippen molar-refractivity contribution >= 4 is 15.9 Å². The molecule has 0 spiro atoms. The van der Waals surface area contributed by atoms with E-state index in [0.29, 0.717) is 6.42 Å². The highest BCUT2D eigenvalue weighted by atomic mass is 79.9. The van der Waals surface area contributed by atoms with E-state index in [1.54, 1.807) is 6.20 Å². The predicted octanol–water partition coefficient (Wildman–Crippen LogP) is 3.02. The van der Waals surface area contributed by atoms with Crippen LogP contribution < -0.4 is 0 Å². The minimum Gasteiger partial charge on any atom is -0.385 e. The van der Waals surface area contributed by atoms with Crippen molar-refractivity contribution in [1.29, 1.82) is 0 Å². The number of aryl methyl sites for hydroxylation is 2. The number of benzene rings is 1. The Morgan fingerprint density at radius 3 is 2.67 bits per heavy atom. The lowest BCUT2D eigenvalue weighted by atomic mass is 9.90. The molecule has 1 heterocycles. The summed E-state index contributed by atoms with van der Waals surface area (Å²) in [4.78, 5) is 0. The van der Waals surface area contributed by atoms with Gasteiger partial charge >= 0.3 is 0 Å². The second-order valence-electron chi connectivity index (χ2n) is 4.70. The maximum absolute atomic E-state index is 10.6. The fraction of sp³-hybridized carbons (Fsp3) is 0.357. The van der Waals surface area contributed by atoms with Gasteiger partial charge in [0, 0.05) is 23.4 Å². The van der Waals surface area contributed by atoms with E-state index < -0.39 is 5.60 Å². The molecule has 0 saturated heterocycles. The average molecular weight is 309 g/mol. The van der Waals surface area contributed by atoms with Crippen molar-refractivity contribution in [3.05, 3.63) is 52.3 Å². The number of aromatic nitrogens is 2. The van der Waals surface area contributed by atoms with Crippen LogP contribution >= 0.6 is 15.9 Å². The first kappa shape index (κ1) is 13.3. The molecule has 0 radical (unpaired) electrons. The zero-order chi connectivity index (χ0) is 13.2. The minimum absolute atomic E-state index is 0.662. The maximum Gasteiger partial charge on any atom is 0.0883 e. The summed E-state index contributed by atoms with van der Waals surface area (Å²) in [6.07, 6.45) is 3.24. The van der Waals surface area contributed by atoms with Gasteiger partial charge in [0.05, 0.1) is 5.60 Å². The Labute approximate surface area is 116 Å². The third kappa shape index (κ3) is 2.82. The number of hydrogen-bond donors (Lipinski definition) is 1. The highest BCUT2D eigenvalue weighted by Crippen LogP contribution is 2.31. The smallest absolute Gasteiger partial charge is 0.0883 e. The van der Waals surface area contributed by atoms with Gasteiger partial charge in [0.2, 0.25) is 0 Å². The summed E-state index contributed by atoms with van der Waals surface area (Å²) in [5, 5.41) is 14.7. The zero-order valence-electron chi connectivity index (χ0n) is 10.6. The summed E-state index contributed by atoms with van der Waals surface area (Å²) < 4.78 is 2.79. The van der Waals surface area contributed by atoms with Crippen LogP contribution in [0.4, 0.5) is 0 Å². The van der Waals surface area contributed by atoms with E-state index in [-0.39, 0.29) is 0 Å². The SMILES string of the molecule is Cn1nccc1CCC(C)(O)c1ccccc1Br. The van der Waals surface area contributed by atoms with E-state index in [1.807, 2.05) is 49.0 Å². The lowest BCUT2D eigenvalue weighted by Gasteiger charge is -2.25. The van der Waals surface area contributed by atoms with Crippen LogP contribution in [-0.2, 0) is 19.1 Å². The fourth-order valence-corrected chi connectivity index (χ4v) is 2.76. The van der Waals surface area contributed by atoms with Gasteiger partial charge in [0.1, 0.15) is 0 Å². The van der Waals surface area contributed by atoms with Gasteiger partial charge in [0.25, 0.3) is 0 Å². The fourth-order valence-electron chi connectivity index (χ4n) is 2.05. The van der Waals surface area contributed by atoms with Crippen LogP contribution in [0.1, 0.15) is 24.6 Å². The molecule has 0 aliphatic rings. The van der Waals surface area contributed by atoms with Gasteiger partial charge in [-0.15, -0.1) is 0 Å². The normalized spacial score (nSPS) is 14.4. The van der Waals surface area contributed by atoms with Crippen LogP contribution in [0.5, 0.6) is 0 Å². The van der Waals surface area contributed by atoms with Crippen molar-refractivity contribution in [3.63, 3.8) is 0 Å². The predicted molar refractivity (Wildman–Crippen MR) is 75.2 cm³/mol. The summed E-state index contributed by atoms with van der Waals surface area (Å²) in [6.45, 7) is 1.85. The molecule has 2 rings (SSSR count). The second-order valence-corrected chi connectivity index (χ2v) is 5.55. The standard InChI is InChI=1S/C14H17BrN2O/c1-14(18,12-5-3-4-6-13(12)15)9-7-11-8-10-16-17(11)2/h3-6,8,10,18H,7,9H2,1-2H3. The van der Waals surface area contributed by atoms with Crippen LogP contribution in [0, 0.1) is 0 Å². The van der Waals surface area contributed by atoms with Gasteiger partial charge in [-0.3, -0.25) is 4.68 Å². The molecule has 1 N–H and O–H groups in total. The Hall–Kier alpha value is -1.13. The Kier molecular flexibility index (Phi) is 3.88. The summed E-state index contributed by atoms with van der Waals surface area (Å²) in [6, 6.07) is 9.78. The van der Waals surface area contributed by atoms with Crippen LogP contribution in [0.15, 0.2) is 41.0 Å². The van der Waals surface area contributed by atoms with Gasteiger partial charge in [-0.2, -0.15) is 5.10 Å². The van der Waals surface area contributed by atoms with Crippen molar-refractivity contribution in [2.45, 2.75) is 25.4 Å². The topological polar surface area (TPSA) is 38.0 Å². The van der Waals surface area contributed by atoms with E-state index in [0.717, 1.165) is 22.2 Å². The van der Waals surface area contributed by atoms with Gasteiger partial charge in [0.15, 0.2) is 0 Å². The number of nitrogens with zero attached hydrogens (tertiary/aromatic N) is 2. The Morgan fingerprint density at radius 1 is 1.33 bits per heavy atom. The van der Waals surface area contributed by atoms with Crippen molar-refractivity contribution in [2.24, 2.45) is 7.05 Å². The lowest BCUT2D eigenvalue weighted by Crippen LogP contribution is -2.23. The van der Waals surface area contributed by atoms with Crippen LogP contribution in [-0.4, -0.2) is 14.9 Å². The molecule has 1 unspecified atom stereocenters. The molecular weight excluding hydrogens is 292 g/mol. The number of aliphatic hydroxyl groups is 1. The van der Waals surface area contributed by atoms with Crippen molar-refractivity contribution in [1.82, 2.24) is 9.78 Å². The molecule has 18 heavy (non-hydrogen) atoms. The van der Waals surface area contributed by atoms with E-state index >= 15 is 0 Å². The maximum atomic E-state index is 10.6. The largest absolute Gasteiger partial charge is 0.385 e. The third-order valence-electron chi connectivity index (χ3n) is 3.24. The molecule has 0 amide bonds. The van der Waals surface area contributed by atoms with Crippen LogP contribution in [0.3, 0.4) is 0 Å². The Balaban J connectivity index is 2.13. The zero-order valence-corrected chi connectivity index (χ0v) is 12.2. The monoisotopic (exact) mass is 308 g/mol. The molecular formula is C14H17BrN2O. The van der Waals surface area contributed by atoms with Crippen LogP contribution in [0.2, 0.25) is 0 Å². The minimum atomic E-state index is -0.843. The molecule has 0 aliphatic heterocycles. The van der Waals surface area contributed by atoms with Crippen LogP contribution in [0.25, 0.3) is 0 Å². The van der Waals surface area contributed by atoms with Gasteiger partial charge < -0.3 is 5.11 Å². The lowest BCUT2D eigenvalue weighted by molar-refractivity contribution is 0.0468. The Morgan fingerprint density at radius 2 is 2.06 bits per heavy atom. The summed E-state index contributed by atoms with van der Waals surface area (Å²) in [7, 11) is 1.92.